The van der Waals surface area contributed by atoms with Gasteiger partial charge in [0.05, 0.1) is 19.8 Å². The fourth-order valence-corrected chi connectivity index (χ4v) is 1.27. The molecule has 0 heterocycles. The van der Waals surface area contributed by atoms with E-state index in [4.69, 9.17) is 14.9 Å². The van der Waals surface area contributed by atoms with Crippen LogP contribution in [-0.4, -0.2) is 43.2 Å². The molecule has 7 heteroatoms. The highest BCUT2D eigenvalue weighted by molar-refractivity contribution is 5.54. The molecule has 1 aromatic rings. The van der Waals surface area contributed by atoms with Crippen molar-refractivity contribution < 1.29 is 28.5 Å². The topological polar surface area (TPSA) is 71.0 Å². The van der Waals surface area contributed by atoms with E-state index in [1.54, 1.807) is 6.07 Å². The maximum Gasteiger partial charge on any atom is 0.387 e. The van der Waals surface area contributed by atoms with Crippen LogP contribution in [0.1, 0.15) is 0 Å². The maximum atomic E-state index is 12.2. The van der Waals surface area contributed by atoms with Crippen molar-refractivity contribution in [2.45, 2.75) is 12.7 Å². The van der Waals surface area contributed by atoms with Gasteiger partial charge < -0.3 is 25.0 Å². The molecule has 18 heavy (non-hydrogen) atoms. The molecule has 3 N–H and O–H groups in total. The van der Waals surface area contributed by atoms with E-state index in [2.05, 4.69) is 10.1 Å². The molecule has 0 aromatic heterocycles. The average molecular weight is 263 g/mol. The number of anilines is 1. The van der Waals surface area contributed by atoms with Crippen molar-refractivity contribution in [1.29, 1.82) is 0 Å². The molecule has 0 aliphatic heterocycles. The van der Waals surface area contributed by atoms with Crippen LogP contribution >= 0.6 is 0 Å². The molecule has 0 bridgehead atoms. The fourth-order valence-electron chi connectivity index (χ4n) is 1.27. The minimum Gasteiger partial charge on any atom is -0.493 e. The SMILES string of the molecule is COc1ccc(NCC(O)CO)cc1OC(F)F. The number of aliphatic hydroxyl groups excluding tert-OH is 2. The number of nitrogens with one attached hydrogen (secondary N) is 1. The Morgan fingerprint density at radius 2 is 2.06 bits per heavy atom. The molecule has 0 fully saturated rings. The summed E-state index contributed by atoms with van der Waals surface area (Å²) in [6.45, 7) is -3.24. The Bertz CT molecular complexity index is 376. The van der Waals surface area contributed by atoms with Crippen LogP contribution in [0.3, 0.4) is 0 Å². The van der Waals surface area contributed by atoms with Gasteiger partial charge in [0.2, 0.25) is 0 Å². The molecular weight excluding hydrogens is 248 g/mol. The molecule has 0 saturated heterocycles. The molecule has 102 valence electrons. The van der Waals surface area contributed by atoms with Gasteiger partial charge in [-0.25, -0.2) is 0 Å². The smallest absolute Gasteiger partial charge is 0.387 e. The van der Waals surface area contributed by atoms with Gasteiger partial charge in [0.25, 0.3) is 0 Å². The first kappa shape index (κ1) is 14.5. The lowest BCUT2D eigenvalue weighted by Crippen LogP contribution is -2.22. The zero-order valence-electron chi connectivity index (χ0n) is 9.77. The number of ether oxygens (including phenoxy) is 2. The number of aliphatic hydroxyl groups is 2. The van der Waals surface area contributed by atoms with Crippen molar-refractivity contribution in [2.24, 2.45) is 0 Å². The zero-order valence-corrected chi connectivity index (χ0v) is 9.77. The Morgan fingerprint density at radius 1 is 1.33 bits per heavy atom. The fraction of sp³-hybridized carbons (Fsp3) is 0.455. The summed E-state index contributed by atoms with van der Waals surface area (Å²) in [6.07, 6.45) is -0.924. The maximum absolute atomic E-state index is 12.2. The number of hydrogen-bond acceptors (Lipinski definition) is 5. The number of hydrogen-bond donors (Lipinski definition) is 3. The van der Waals surface area contributed by atoms with E-state index >= 15 is 0 Å². The molecule has 0 spiro atoms. The van der Waals surface area contributed by atoms with Crippen LogP contribution in [0.4, 0.5) is 14.5 Å². The Morgan fingerprint density at radius 3 is 2.61 bits per heavy atom. The van der Waals surface area contributed by atoms with Gasteiger partial charge in [0.15, 0.2) is 11.5 Å². The number of rotatable bonds is 7. The Balaban J connectivity index is 2.75. The van der Waals surface area contributed by atoms with Gasteiger partial charge in [-0.15, -0.1) is 0 Å². The van der Waals surface area contributed by atoms with E-state index in [9.17, 15) is 8.78 Å². The summed E-state index contributed by atoms with van der Waals surface area (Å²) in [5.74, 6) is 0.0829. The Labute approximate surface area is 103 Å². The van der Waals surface area contributed by atoms with E-state index in [0.717, 1.165) is 0 Å². The van der Waals surface area contributed by atoms with Gasteiger partial charge in [0.1, 0.15) is 0 Å². The lowest BCUT2D eigenvalue weighted by Gasteiger charge is -2.14. The van der Waals surface area contributed by atoms with Gasteiger partial charge in [-0.1, -0.05) is 0 Å². The molecule has 1 aromatic carbocycles. The van der Waals surface area contributed by atoms with E-state index in [-0.39, 0.29) is 24.7 Å². The van der Waals surface area contributed by atoms with Crippen LogP contribution in [0.5, 0.6) is 11.5 Å². The molecular formula is C11H15F2NO4. The molecule has 0 saturated carbocycles. The molecule has 1 atom stereocenters. The van der Waals surface area contributed by atoms with Crippen molar-refractivity contribution in [1.82, 2.24) is 0 Å². The normalized spacial score (nSPS) is 12.3. The van der Waals surface area contributed by atoms with Gasteiger partial charge in [-0.2, -0.15) is 8.78 Å². The van der Waals surface area contributed by atoms with Crippen molar-refractivity contribution in [3.05, 3.63) is 18.2 Å². The van der Waals surface area contributed by atoms with Crippen molar-refractivity contribution >= 4 is 5.69 Å². The molecule has 0 aliphatic rings. The van der Waals surface area contributed by atoms with Crippen LogP contribution in [-0.2, 0) is 0 Å². The first-order valence-corrected chi connectivity index (χ1v) is 5.22. The predicted molar refractivity (Wildman–Crippen MR) is 61.2 cm³/mol. The molecule has 0 amide bonds. The lowest BCUT2D eigenvalue weighted by molar-refractivity contribution is -0.0511. The standard InChI is InChI=1S/C11H15F2NO4/c1-17-9-3-2-7(14-5-8(16)6-15)4-10(9)18-11(12)13/h2-4,8,11,14-16H,5-6H2,1H3. The first-order chi connectivity index (χ1) is 8.56. The highest BCUT2D eigenvalue weighted by Crippen LogP contribution is 2.31. The molecule has 0 radical (unpaired) electrons. The average Bonchev–Trinajstić information content (AvgIpc) is 2.35. The van der Waals surface area contributed by atoms with Crippen molar-refractivity contribution in [3.8, 4) is 11.5 Å². The summed E-state index contributed by atoms with van der Waals surface area (Å²) in [5, 5.41) is 20.6. The summed E-state index contributed by atoms with van der Waals surface area (Å²) in [4.78, 5) is 0. The minimum absolute atomic E-state index is 0.0942. The quantitative estimate of drug-likeness (QED) is 0.686. The number of methoxy groups -OCH3 is 1. The third-order valence-corrected chi connectivity index (χ3v) is 2.13. The van der Waals surface area contributed by atoms with Crippen LogP contribution in [0, 0.1) is 0 Å². The summed E-state index contributed by atoms with van der Waals surface area (Å²) in [6, 6.07) is 4.38. The van der Waals surface area contributed by atoms with Crippen LogP contribution < -0.4 is 14.8 Å². The summed E-state index contributed by atoms with van der Waals surface area (Å²) < 4.78 is 33.5. The third kappa shape index (κ3) is 4.34. The zero-order chi connectivity index (χ0) is 13.5. The van der Waals surface area contributed by atoms with E-state index in [1.165, 1.54) is 19.2 Å². The predicted octanol–water partition coefficient (Wildman–Crippen LogP) is 1.06. The lowest BCUT2D eigenvalue weighted by atomic mass is 10.2. The molecule has 1 rings (SSSR count). The Kier molecular flexibility index (Phi) is 5.60. The van der Waals surface area contributed by atoms with Crippen molar-refractivity contribution in [3.63, 3.8) is 0 Å². The van der Waals surface area contributed by atoms with Gasteiger partial charge in [-0.3, -0.25) is 0 Å². The first-order valence-electron chi connectivity index (χ1n) is 5.22. The molecule has 5 nitrogen and oxygen atoms in total. The molecule has 1 unspecified atom stereocenters. The van der Waals surface area contributed by atoms with Crippen LogP contribution in [0.15, 0.2) is 18.2 Å². The van der Waals surface area contributed by atoms with Gasteiger partial charge >= 0.3 is 6.61 Å². The van der Waals surface area contributed by atoms with Crippen molar-refractivity contribution in [2.75, 3.05) is 25.6 Å². The van der Waals surface area contributed by atoms with Crippen LogP contribution in [0.2, 0.25) is 0 Å². The highest BCUT2D eigenvalue weighted by atomic mass is 19.3. The summed E-state index contributed by atoms with van der Waals surface area (Å²) >= 11 is 0. The van der Waals surface area contributed by atoms with E-state index in [1.807, 2.05) is 0 Å². The second-order valence-corrected chi connectivity index (χ2v) is 3.46. The monoisotopic (exact) mass is 263 g/mol. The van der Waals surface area contributed by atoms with Crippen LogP contribution in [0.25, 0.3) is 0 Å². The third-order valence-electron chi connectivity index (χ3n) is 2.13. The summed E-state index contributed by atoms with van der Waals surface area (Å²) in [5.41, 5.74) is 0.471. The minimum atomic E-state index is -2.95. The largest absolute Gasteiger partial charge is 0.493 e. The van der Waals surface area contributed by atoms with E-state index in [0.29, 0.717) is 5.69 Å². The highest BCUT2D eigenvalue weighted by Gasteiger charge is 2.11. The Hall–Kier alpha value is -1.60. The second kappa shape index (κ2) is 6.97. The molecule has 0 aliphatic carbocycles. The number of halogens is 2. The van der Waals surface area contributed by atoms with Gasteiger partial charge in [-0.05, 0) is 12.1 Å². The summed E-state index contributed by atoms with van der Waals surface area (Å²) in [7, 11) is 1.34. The second-order valence-electron chi connectivity index (χ2n) is 3.46. The van der Waals surface area contributed by atoms with Gasteiger partial charge in [0, 0.05) is 18.3 Å². The number of alkyl halides is 2. The number of benzene rings is 1. The van der Waals surface area contributed by atoms with E-state index < -0.39 is 12.7 Å².